The monoisotopic (exact) mass is 304 g/mol. The van der Waals surface area contributed by atoms with E-state index in [-0.39, 0.29) is 11.8 Å². The van der Waals surface area contributed by atoms with Crippen LogP contribution in [0.5, 0.6) is 5.88 Å². The lowest BCUT2D eigenvalue weighted by Gasteiger charge is -2.12. The second-order valence-corrected chi connectivity index (χ2v) is 6.96. The number of hydrogen-bond donors (Lipinski definition) is 1. The van der Waals surface area contributed by atoms with Crippen LogP contribution >= 0.6 is 0 Å². The van der Waals surface area contributed by atoms with Crippen LogP contribution in [-0.2, 0) is 16.4 Å². The van der Waals surface area contributed by atoms with Crippen molar-refractivity contribution < 1.29 is 13.2 Å². The van der Waals surface area contributed by atoms with Crippen molar-refractivity contribution in [3.05, 3.63) is 53.7 Å². The van der Waals surface area contributed by atoms with E-state index in [1.54, 1.807) is 31.5 Å². The van der Waals surface area contributed by atoms with Crippen LogP contribution in [-0.4, -0.2) is 26.3 Å². The van der Waals surface area contributed by atoms with Crippen LogP contribution < -0.4 is 10.1 Å². The van der Waals surface area contributed by atoms with Crippen molar-refractivity contribution in [2.75, 3.05) is 12.9 Å². The van der Waals surface area contributed by atoms with Gasteiger partial charge in [-0.15, -0.1) is 0 Å². The van der Waals surface area contributed by atoms with Gasteiger partial charge in [0, 0.05) is 24.8 Å². The first-order chi connectivity index (χ1) is 10.1. The van der Waals surface area contributed by atoms with Crippen LogP contribution in [0.25, 0.3) is 0 Å². The number of nitrogens with one attached hydrogen (secondary N) is 1. The minimum atomic E-state index is -3.17. The van der Waals surface area contributed by atoms with Crippen molar-refractivity contribution in [1.82, 2.24) is 10.3 Å². The van der Waals surface area contributed by atoms with E-state index in [1.165, 1.54) is 0 Å². The number of nitrogens with zero attached hydrogens (tertiary/aromatic N) is 1. The Morgan fingerprint density at radius 3 is 2.81 bits per heavy atom. The number of benzene rings is 1. The van der Waals surface area contributed by atoms with Gasteiger partial charge in [0.1, 0.15) is 0 Å². The SMILES string of the molecule is COc1ccc(CNC2CS(=O)(=O)c3ccccc32)cn1. The van der Waals surface area contributed by atoms with Gasteiger partial charge in [0.05, 0.1) is 17.8 Å². The van der Waals surface area contributed by atoms with Crippen molar-refractivity contribution in [1.29, 1.82) is 0 Å². The van der Waals surface area contributed by atoms with Gasteiger partial charge >= 0.3 is 0 Å². The molecule has 0 saturated heterocycles. The van der Waals surface area contributed by atoms with Gasteiger partial charge in [0.25, 0.3) is 0 Å². The molecule has 1 N–H and O–H groups in total. The third kappa shape index (κ3) is 2.77. The van der Waals surface area contributed by atoms with E-state index in [4.69, 9.17) is 4.74 Å². The summed E-state index contributed by atoms with van der Waals surface area (Å²) in [5, 5.41) is 3.29. The smallest absolute Gasteiger partial charge is 0.212 e. The highest BCUT2D eigenvalue weighted by molar-refractivity contribution is 7.91. The lowest BCUT2D eigenvalue weighted by molar-refractivity contribution is 0.397. The highest BCUT2D eigenvalue weighted by atomic mass is 32.2. The van der Waals surface area contributed by atoms with E-state index >= 15 is 0 Å². The van der Waals surface area contributed by atoms with Crippen molar-refractivity contribution in [2.24, 2.45) is 0 Å². The molecule has 0 aliphatic carbocycles. The molecule has 6 heteroatoms. The predicted octanol–water partition coefficient (Wildman–Crippen LogP) is 1.71. The van der Waals surface area contributed by atoms with Crippen molar-refractivity contribution in [3.63, 3.8) is 0 Å². The summed E-state index contributed by atoms with van der Waals surface area (Å²) < 4.78 is 29.2. The molecule has 0 amide bonds. The van der Waals surface area contributed by atoms with Gasteiger partial charge < -0.3 is 10.1 Å². The Bertz CT molecular complexity index is 742. The summed E-state index contributed by atoms with van der Waals surface area (Å²) in [5.74, 6) is 0.670. The summed E-state index contributed by atoms with van der Waals surface area (Å²) in [6.45, 7) is 0.561. The van der Waals surface area contributed by atoms with Gasteiger partial charge in [-0.1, -0.05) is 24.3 Å². The van der Waals surface area contributed by atoms with Gasteiger partial charge in [-0.2, -0.15) is 0 Å². The zero-order chi connectivity index (χ0) is 14.9. The molecule has 0 bridgehead atoms. The fourth-order valence-corrected chi connectivity index (χ4v) is 4.27. The van der Waals surface area contributed by atoms with E-state index in [2.05, 4.69) is 10.3 Å². The summed E-state index contributed by atoms with van der Waals surface area (Å²) in [5.41, 5.74) is 1.83. The molecule has 110 valence electrons. The fourth-order valence-electron chi connectivity index (χ4n) is 2.50. The molecule has 1 unspecified atom stereocenters. The number of ether oxygens (including phenoxy) is 1. The number of pyridine rings is 1. The molecule has 2 aromatic rings. The predicted molar refractivity (Wildman–Crippen MR) is 78.9 cm³/mol. The normalized spacial score (nSPS) is 19.2. The molecule has 1 aromatic carbocycles. The summed E-state index contributed by atoms with van der Waals surface area (Å²) in [7, 11) is -1.60. The molecule has 0 radical (unpaired) electrons. The Morgan fingerprint density at radius 1 is 1.29 bits per heavy atom. The Hall–Kier alpha value is -1.92. The minimum Gasteiger partial charge on any atom is -0.481 e. The van der Waals surface area contributed by atoms with Crippen LogP contribution in [0.3, 0.4) is 0 Å². The van der Waals surface area contributed by atoms with Crippen molar-refractivity contribution >= 4 is 9.84 Å². The van der Waals surface area contributed by atoms with Gasteiger partial charge in [-0.25, -0.2) is 13.4 Å². The third-order valence-corrected chi connectivity index (χ3v) is 5.39. The Morgan fingerprint density at radius 2 is 2.10 bits per heavy atom. The summed E-state index contributed by atoms with van der Waals surface area (Å²) in [4.78, 5) is 4.57. The molecular weight excluding hydrogens is 288 g/mol. The first kappa shape index (κ1) is 14.0. The largest absolute Gasteiger partial charge is 0.481 e. The van der Waals surface area contributed by atoms with Crippen LogP contribution in [0, 0.1) is 0 Å². The second kappa shape index (κ2) is 5.46. The first-order valence-electron chi connectivity index (χ1n) is 6.64. The van der Waals surface area contributed by atoms with Crippen LogP contribution in [0.1, 0.15) is 17.2 Å². The molecule has 1 aromatic heterocycles. The number of rotatable bonds is 4. The summed E-state index contributed by atoms with van der Waals surface area (Å²) in [6, 6.07) is 10.7. The van der Waals surface area contributed by atoms with E-state index < -0.39 is 9.84 Å². The summed E-state index contributed by atoms with van der Waals surface area (Å²) >= 11 is 0. The molecule has 2 heterocycles. The van der Waals surface area contributed by atoms with Gasteiger partial charge in [0.2, 0.25) is 5.88 Å². The molecule has 1 aliphatic rings. The quantitative estimate of drug-likeness (QED) is 0.931. The van der Waals surface area contributed by atoms with Crippen LogP contribution in [0.4, 0.5) is 0 Å². The highest BCUT2D eigenvalue weighted by Crippen LogP contribution is 2.33. The number of sulfone groups is 1. The first-order valence-corrected chi connectivity index (χ1v) is 8.29. The molecule has 0 saturated carbocycles. The maximum absolute atomic E-state index is 12.1. The maximum atomic E-state index is 12.1. The van der Waals surface area contributed by atoms with E-state index in [0.29, 0.717) is 17.3 Å². The molecule has 0 fully saturated rings. The van der Waals surface area contributed by atoms with Gasteiger partial charge in [-0.3, -0.25) is 0 Å². The van der Waals surface area contributed by atoms with Gasteiger partial charge in [-0.05, 0) is 17.2 Å². The third-order valence-electron chi connectivity index (χ3n) is 3.57. The lowest BCUT2D eigenvalue weighted by atomic mass is 10.1. The summed E-state index contributed by atoms with van der Waals surface area (Å²) in [6.07, 6.45) is 1.72. The number of methoxy groups -OCH3 is 1. The standard InChI is InChI=1S/C15H16N2O3S/c1-20-15-7-6-11(9-17-15)8-16-13-10-21(18,19)14-5-3-2-4-12(13)14/h2-7,9,13,16H,8,10H2,1H3. The molecule has 3 rings (SSSR count). The molecule has 0 spiro atoms. The lowest BCUT2D eigenvalue weighted by Crippen LogP contribution is -2.22. The van der Waals surface area contributed by atoms with Crippen LogP contribution in [0.2, 0.25) is 0 Å². The van der Waals surface area contributed by atoms with Crippen LogP contribution in [0.15, 0.2) is 47.5 Å². The molecule has 1 aliphatic heterocycles. The zero-order valence-corrected chi connectivity index (χ0v) is 12.4. The Labute approximate surface area is 123 Å². The van der Waals surface area contributed by atoms with E-state index in [9.17, 15) is 8.42 Å². The average molecular weight is 304 g/mol. The average Bonchev–Trinajstić information content (AvgIpc) is 2.77. The number of aromatic nitrogens is 1. The fraction of sp³-hybridized carbons (Fsp3) is 0.267. The molecule has 5 nitrogen and oxygen atoms in total. The highest BCUT2D eigenvalue weighted by Gasteiger charge is 2.33. The molecule has 21 heavy (non-hydrogen) atoms. The number of fused-ring (bicyclic) bond motifs is 1. The van der Waals surface area contributed by atoms with E-state index in [1.807, 2.05) is 18.2 Å². The Balaban J connectivity index is 1.74. The van der Waals surface area contributed by atoms with Crippen molar-refractivity contribution in [3.8, 4) is 5.88 Å². The second-order valence-electron chi connectivity index (χ2n) is 4.96. The molecule has 1 atom stereocenters. The number of hydrogen-bond acceptors (Lipinski definition) is 5. The minimum absolute atomic E-state index is 0.107. The van der Waals surface area contributed by atoms with Gasteiger partial charge in [0.15, 0.2) is 9.84 Å². The topological polar surface area (TPSA) is 68.3 Å². The zero-order valence-electron chi connectivity index (χ0n) is 11.6. The molecular formula is C15H16N2O3S. The van der Waals surface area contributed by atoms with Crippen molar-refractivity contribution in [2.45, 2.75) is 17.5 Å². The maximum Gasteiger partial charge on any atom is 0.212 e. The van der Waals surface area contributed by atoms with E-state index in [0.717, 1.165) is 11.1 Å². The Kier molecular flexibility index (Phi) is 3.65.